The Labute approximate surface area is 845 Å². The Morgan fingerprint density at radius 1 is 0.142 bits per heavy atom. The van der Waals surface area contributed by atoms with Crippen molar-refractivity contribution in [3.8, 4) is 89.0 Å². The second kappa shape index (κ2) is 38.4. The van der Waals surface area contributed by atoms with Crippen LogP contribution >= 0.6 is 0 Å². The highest BCUT2D eigenvalue weighted by atomic mass is 19.2. The number of halogens is 12. The van der Waals surface area contributed by atoms with Gasteiger partial charge < -0.3 is 19.6 Å². The van der Waals surface area contributed by atoms with Crippen LogP contribution in [0, 0.1) is 97.5 Å². The summed E-state index contributed by atoms with van der Waals surface area (Å²) in [6.07, 6.45) is 0. The summed E-state index contributed by atoms with van der Waals surface area (Å²) < 4.78 is 189. The number of hydrogen-bond acceptors (Lipinski definition) is 4. The van der Waals surface area contributed by atoms with Gasteiger partial charge in [0, 0.05) is 21.5 Å². The lowest BCUT2D eigenvalue weighted by molar-refractivity contribution is 0.613. The van der Waals surface area contributed by atoms with E-state index in [9.17, 15) is 17.6 Å². The van der Waals surface area contributed by atoms with E-state index < -0.39 is 46.5 Å². The van der Waals surface area contributed by atoms with Gasteiger partial charge in [-0.3, -0.25) is 0 Å². The molecule has 0 amide bonds. The average molecular weight is 1950 g/mol. The standard InChI is InChI=1S/2C66H42F6N2/c1-39-3-31-61(57(71)35-39)73(63-37-49(19-29-55(63)69)45-9-5-41(6-10-45)43-13-23-51(67)24-14-43)59-33-21-47-18-28-54-60(34-22-48-17-27-53(59)65(47)66(48)54)74(62-32-4-40(2)36-58(62)72)64-38-50(20-30-56(64)70)46-11-7-42(8-12-46)44-15-25-52(68)26-16-44;1-39-5-3-7-59(65(39)71)73(61-37-49(23-33-55(61)69)45-13-9-41(10-14-45)43-17-27-51(67)28-18-43)57-35-25-47-22-32-54-58(36-26-48-21-31-53(57)63(47)64(48)54)74(60-8-4-6-40(2)66(60)72)62-38-50(24-34-56(62)70)46-15-11-42(12-16-46)44-19-29-52(68)30-20-44/h2*3-38H,1-2H3. The van der Waals surface area contributed by atoms with Gasteiger partial charge in [0.1, 0.15) is 69.8 Å². The first-order valence-electron chi connectivity index (χ1n) is 48.2. The van der Waals surface area contributed by atoms with Crippen molar-refractivity contribution in [3.05, 3.63) is 529 Å². The van der Waals surface area contributed by atoms with Gasteiger partial charge in [-0.25, -0.2) is 52.7 Å². The Kier molecular flexibility index (Phi) is 24.3. The van der Waals surface area contributed by atoms with Crippen molar-refractivity contribution < 1.29 is 52.7 Å². The average Bonchev–Trinajstić information content (AvgIpc) is 0.718. The summed E-state index contributed by atoms with van der Waals surface area (Å²) in [5, 5.41) is 9.36. The molecule has 0 unspecified atom stereocenters. The molecule has 4 nitrogen and oxygen atoms in total. The van der Waals surface area contributed by atoms with Gasteiger partial charge in [0.2, 0.25) is 0 Å². The van der Waals surface area contributed by atoms with E-state index in [0.29, 0.717) is 88.8 Å². The van der Waals surface area contributed by atoms with E-state index in [2.05, 4.69) is 0 Å². The largest absolute Gasteiger partial charge is 0.304 e. The fraction of sp³-hybridized carbons (Fsp3) is 0.0303. The van der Waals surface area contributed by atoms with Crippen LogP contribution in [0.4, 0.5) is 121 Å². The summed E-state index contributed by atoms with van der Waals surface area (Å²) in [6, 6.07) is 126. The molecule has 16 heteroatoms. The summed E-state index contributed by atoms with van der Waals surface area (Å²) in [7, 11) is 0. The maximum Gasteiger partial charge on any atom is 0.150 e. The predicted octanol–water partition coefficient (Wildman–Crippen LogP) is 39.3. The molecule has 0 spiro atoms. The summed E-state index contributed by atoms with van der Waals surface area (Å²) in [6.45, 7) is 6.93. The molecule has 0 saturated carbocycles. The van der Waals surface area contributed by atoms with E-state index in [1.165, 1.54) is 84.9 Å². The van der Waals surface area contributed by atoms with Crippen molar-refractivity contribution >= 4 is 133 Å². The van der Waals surface area contributed by atoms with Gasteiger partial charge in [0.15, 0.2) is 0 Å². The van der Waals surface area contributed by atoms with Crippen LogP contribution < -0.4 is 19.6 Å². The molecule has 24 aromatic carbocycles. The summed E-state index contributed by atoms with van der Waals surface area (Å²) in [5.41, 5.74) is 18.0. The van der Waals surface area contributed by atoms with Crippen molar-refractivity contribution in [2.24, 2.45) is 0 Å². The lowest BCUT2D eigenvalue weighted by Crippen LogP contribution is -2.15. The molecule has 148 heavy (non-hydrogen) atoms. The van der Waals surface area contributed by atoms with E-state index in [1.807, 2.05) is 194 Å². The van der Waals surface area contributed by atoms with E-state index in [1.54, 1.807) is 205 Å². The zero-order valence-electron chi connectivity index (χ0n) is 79.9. The maximum absolute atomic E-state index is 16.8. The number of hydrogen-bond donors (Lipinski definition) is 0. The Morgan fingerprint density at radius 3 is 0.554 bits per heavy atom. The molecule has 716 valence electrons. The first kappa shape index (κ1) is 93.4. The van der Waals surface area contributed by atoms with Crippen LogP contribution in [0.1, 0.15) is 22.3 Å². The van der Waals surface area contributed by atoms with Crippen molar-refractivity contribution in [2.75, 3.05) is 19.6 Å². The molecule has 0 bridgehead atoms. The highest BCUT2D eigenvalue weighted by molar-refractivity contribution is 6.30. The van der Waals surface area contributed by atoms with Crippen molar-refractivity contribution in [1.82, 2.24) is 0 Å². The van der Waals surface area contributed by atoms with Gasteiger partial charge in [-0.05, 0) is 340 Å². The smallest absolute Gasteiger partial charge is 0.150 e. The van der Waals surface area contributed by atoms with Gasteiger partial charge in [0.05, 0.1) is 68.2 Å². The van der Waals surface area contributed by atoms with Crippen LogP contribution in [0.5, 0.6) is 0 Å². The van der Waals surface area contributed by atoms with Crippen molar-refractivity contribution in [3.63, 3.8) is 0 Å². The minimum absolute atomic E-state index is 0.116. The highest BCUT2D eigenvalue weighted by Crippen LogP contribution is 2.55. The monoisotopic (exact) mass is 1950 g/mol. The second-order valence-corrected chi connectivity index (χ2v) is 37.3. The minimum atomic E-state index is -0.575. The fourth-order valence-electron chi connectivity index (χ4n) is 20.5. The van der Waals surface area contributed by atoms with Gasteiger partial charge in [-0.1, -0.05) is 279 Å². The molecule has 0 atom stereocenters. The molecule has 0 radical (unpaired) electrons. The molecular formula is C132H84F12N4. The van der Waals surface area contributed by atoms with Crippen LogP contribution in [-0.4, -0.2) is 0 Å². The van der Waals surface area contributed by atoms with Gasteiger partial charge in [-0.2, -0.15) is 0 Å². The fourth-order valence-corrected chi connectivity index (χ4v) is 20.5. The Bertz CT molecular complexity index is 8730. The molecule has 0 aliphatic rings. The summed E-state index contributed by atoms with van der Waals surface area (Å²) in [5.74, 6) is -5.72. The van der Waals surface area contributed by atoms with E-state index >= 15 is 35.1 Å². The molecule has 0 aromatic heterocycles. The van der Waals surface area contributed by atoms with Crippen LogP contribution in [0.2, 0.25) is 0 Å². The van der Waals surface area contributed by atoms with Gasteiger partial charge in [-0.15, -0.1) is 0 Å². The Hall–Kier alpha value is -18.3. The summed E-state index contributed by atoms with van der Waals surface area (Å²) in [4.78, 5) is 6.49. The topological polar surface area (TPSA) is 13.0 Å². The van der Waals surface area contributed by atoms with Crippen LogP contribution in [0.15, 0.2) is 437 Å². The SMILES string of the molecule is Cc1ccc(N(c2cc(-c3ccc(-c4ccc(F)cc4)cc3)ccc2F)c2ccc3ccc4c(N(c5ccc(C)cc5F)c5cc(-c6ccc(-c7ccc(F)cc7)cc6)ccc5F)ccc5ccc2c3c54)c(F)c1.Cc1cccc(N(c2cc(-c3ccc(-c4ccc(F)cc4)cc3)ccc2F)c2ccc3ccc4c(N(c5cc(-c6ccc(-c7ccc(F)cc7)cc6)ccc5F)c5cccc(C)c5F)ccc5ccc2c3c54)c1F. The molecule has 24 aromatic rings. The molecule has 0 aliphatic carbocycles. The molecule has 24 rings (SSSR count). The molecule has 0 saturated heterocycles. The maximum atomic E-state index is 16.8. The number of anilines is 12. The molecule has 0 heterocycles. The van der Waals surface area contributed by atoms with Gasteiger partial charge >= 0.3 is 0 Å². The normalized spacial score (nSPS) is 11.5. The quantitative estimate of drug-likeness (QED) is 0.0557. The third-order valence-corrected chi connectivity index (χ3v) is 28.0. The van der Waals surface area contributed by atoms with E-state index in [-0.39, 0.29) is 68.8 Å². The van der Waals surface area contributed by atoms with Crippen LogP contribution in [-0.2, 0) is 0 Å². The van der Waals surface area contributed by atoms with E-state index in [4.69, 9.17) is 0 Å². The van der Waals surface area contributed by atoms with E-state index in [0.717, 1.165) is 110 Å². The van der Waals surface area contributed by atoms with Crippen LogP contribution in [0.3, 0.4) is 0 Å². The summed E-state index contributed by atoms with van der Waals surface area (Å²) >= 11 is 0. The molecule has 0 fully saturated rings. The second-order valence-electron chi connectivity index (χ2n) is 37.3. The Balaban J connectivity index is 0.000000163. The zero-order chi connectivity index (χ0) is 102. The lowest BCUT2D eigenvalue weighted by atomic mass is 9.91. The van der Waals surface area contributed by atoms with Gasteiger partial charge in [0.25, 0.3) is 0 Å². The van der Waals surface area contributed by atoms with Crippen molar-refractivity contribution in [2.45, 2.75) is 27.7 Å². The third kappa shape index (κ3) is 17.4. The minimum Gasteiger partial charge on any atom is -0.304 e. The first-order chi connectivity index (χ1) is 71.9. The molecular weight excluding hydrogens is 1870 g/mol. The third-order valence-electron chi connectivity index (χ3n) is 28.0. The highest BCUT2D eigenvalue weighted by Gasteiger charge is 2.32. The van der Waals surface area contributed by atoms with Crippen molar-refractivity contribution in [1.29, 1.82) is 0 Å². The number of nitrogens with zero attached hydrogens (tertiary/aromatic N) is 4. The molecule has 0 aliphatic heterocycles. The first-order valence-corrected chi connectivity index (χ1v) is 48.2. The lowest BCUT2D eigenvalue weighted by Gasteiger charge is -2.30. The number of aryl methyl sites for hydroxylation is 4. The number of rotatable bonds is 20. The zero-order valence-corrected chi connectivity index (χ0v) is 79.9. The molecule has 0 N–H and O–H groups in total. The Morgan fingerprint density at radius 2 is 0.331 bits per heavy atom. The van der Waals surface area contributed by atoms with Crippen LogP contribution in [0.25, 0.3) is 154 Å². The number of benzene rings is 24. The predicted molar refractivity (Wildman–Crippen MR) is 581 cm³/mol.